The van der Waals surface area contributed by atoms with Gasteiger partial charge in [0.25, 0.3) is 5.91 Å². The number of nitrogens with zero attached hydrogens (tertiary/aromatic N) is 5. The zero-order valence-electron chi connectivity index (χ0n) is 18.8. The lowest BCUT2D eigenvalue weighted by molar-refractivity contribution is 0.0664. The Morgan fingerprint density at radius 3 is 2.39 bits per heavy atom. The first-order valence-electron chi connectivity index (χ1n) is 11.1. The summed E-state index contributed by atoms with van der Waals surface area (Å²) in [5.41, 5.74) is 6.49. The Balaban J connectivity index is 1.33. The highest BCUT2D eigenvalue weighted by Crippen LogP contribution is 2.26. The summed E-state index contributed by atoms with van der Waals surface area (Å²) in [5, 5.41) is 11.7. The van der Waals surface area contributed by atoms with Gasteiger partial charge in [0.15, 0.2) is 0 Å². The first kappa shape index (κ1) is 21.0. The molecule has 1 fully saturated rings. The number of carbonyl (C=O) groups excluding carboxylic acids is 1. The van der Waals surface area contributed by atoms with Crippen LogP contribution in [0.2, 0.25) is 0 Å². The maximum Gasteiger partial charge on any atom is 0.253 e. The van der Waals surface area contributed by atoms with Gasteiger partial charge in [0.05, 0.1) is 5.52 Å². The molecule has 1 aliphatic heterocycles. The molecule has 7 nitrogen and oxygen atoms in total. The first-order valence-corrected chi connectivity index (χ1v) is 11.1. The SMILES string of the molecule is Cc1ccccc1-c1ccc2nnc(Nc3ccc(C(=O)N4CCN(C)CC4)cc3)nc2c1. The molecule has 0 bridgehead atoms. The Bertz CT molecular complexity index is 1300. The van der Waals surface area contributed by atoms with Gasteiger partial charge in [-0.05, 0) is 67.1 Å². The van der Waals surface area contributed by atoms with E-state index in [1.54, 1.807) is 0 Å². The van der Waals surface area contributed by atoms with E-state index in [1.807, 2.05) is 59.5 Å². The molecule has 4 aromatic rings. The molecule has 1 aliphatic rings. The van der Waals surface area contributed by atoms with E-state index >= 15 is 0 Å². The second-order valence-corrected chi connectivity index (χ2v) is 8.45. The van der Waals surface area contributed by atoms with E-state index < -0.39 is 0 Å². The van der Waals surface area contributed by atoms with Crippen molar-refractivity contribution in [3.63, 3.8) is 0 Å². The van der Waals surface area contributed by atoms with Crippen LogP contribution in [0.15, 0.2) is 66.7 Å². The van der Waals surface area contributed by atoms with Gasteiger partial charge in [-0.3, -0.25) is 4.79 Å². The Hall–Kier alpha value is -3.84. The van der Waals surface area contributed by atoms with Crippen molar-refractivity contribution in [3.8, 4) is 11.1 Å². The van der Waals surface area contributed by atoms with Crippen LogP contribution in [0.5, 0.6) is 0 Å². The van der Waals surface area contributed by atoms with Crippen molar-refractivity contribution in [1.82, 2.24) is 25.0 Å². The van der Waals surface area contributed by atoms with Crippen molar-refractivity contribution in [2.75, 3.05) is 38.5 Å². The Kier molecular flexibility index (Phi) is 5.71. The number of benzene rings is 3. The molecule has 5 rings (SSSR count). The van der Waals surface area contributed by atoms with Gasteiger partial charge in [0.2, 0.25) is 5.95 Å². The van der Waals surface area contributed by atoms with Crippen LogP contribution in [0.25, 0.3) is 22.2 Å². The number of hydrogen-bond acceptors (Lipinski definition) is 6. The molecule has 1 N–H and O–H groups in total. The Morgan fingerprint density at radius 1 is 0.879 bits per heavy atom. The average molecular weight is 439 g/mol. The lowest BCUT2D eigenvalue weighted by Crippen LogP contribution is -2.47. The van der Waals surface area contributed by atoms with Gasteiger partial charge in [-0.1, -0.05) is 30.3 Å². The maximum atomic E-state index is 12.7. The number of rotatable bonds is 4. The first-order chi connectivity index (χ1) is 16.1. The standard InChI is InChI=1S/C26H26N6O/c1-18-5-3-4-6-22(18)20-9-12-23-24(17-20)28-26(30-29-23)27-21-10-7-19(8-11-21)25(33)32-15-13-31(2)14-16-32/h3-12,17H,13-16H2,1-2H3,(H,27,28,30). The molecule has 7 heteroatoms. The summed E-state index contributed by atoms with van der Waals surface area (Å²) in [6, 6.07) is 21.7. The topological polar surface area (TPSA) is 74.2 Å². The average Bonchev–Trinajstić information content (AvgIpc) is 2.84. The van der Waals surface area contributed by atoms with E-state index in [4.69, 9.17) is 0 Å². The maximum absolute atomic E-state index is 12.7. The highest BCUT2D eigenvalue weighted by molar-refractivity contribution is 5.94. The fraction of sp³-hybridized carbons (Fsp3) is 0.231. The number of nitrogens with one attached hydrogen (secondary N) is 1. The van der Waals surface area contributed by atoms with Gasteiger partial charge in [-0.2, -0.15) is 0 Å². The van der Waals surface area contributed by atoms with Crippen LogP contribution < -0.4 is 5.32 Å². The number of anilines is 2. The quantitative estimate of drug-likeness (QED) is 0.516. The molecular weight excluding hydrogens is 412 g/mol. The monoisotopic (exact) mass is 438 g/mol. The van der Waals surface area contributed by atoms with Gasteiger partial charge in [-0.15, -0.1) is 10.2 Å². The minimum atomic E-state index is 0.0713. The smallest absolute Gasteiger partial charge is 0.253 e. The molecule has 0 unspecified atom stereocenters. The normalized spacial score (nSPS) is 14.4. The second-order valence-electron chi connectivity index (χ2n) is 8.45. The van der Waals surface area contributed by atoms with E-state index in [0.29, 0.717) is 11.5 Å². The van der Waals surface area contributed by atoms with Crippen LogP contribution in [-0.4, -0.2) is 64.1 Å². The molecule has 3 aromatic carbocycles. The van der Waals surface area contributed by atoms with Gasteiger partial charge >= 0.3 is 0 Å². The van der Waals surface area contributed by atoms with Crippen LogP contribution in [-0.2, 0) is 0 Å². The second kappa shape index (κ2) is 8.96. The summed E-state index contributed by atoms with van der Waals surface area (Å²) >= 11 is 0. The molecular formula is C26H26N6O. The molecule has 166 valence electrons. The van der Waals surface area contributed by atoms with Crippen LogP contribution >= 0.6 is 0 Å². The summed E-state index contributed by atoms with van der Waals surface area (Å²) in [6.45, 7) is 5.43. The predicted molar refractivity (Wildman–Crippen MR) is 131 cm³/mol. The third-order valence-electron chi connectivity index (χ3n) is 6.09. The van der Waals surface area contributed by atoms with Crippen molar-refractivity contribution in [1.29, 1.82) is 0 Å². The lowest BCUT2D eigenvalue weighted by Gasteiger charge is -2.32. The van der Waals surface area contributed by atoms with E-state index in [1.165, 1.54) is 11.1 Å². The van der Waals surface area contributed by atoms with Crippen molar-refractivity contribution >= 4 is 28.6 Å². The number of carbonyl (C=O) groups is 1. The highest BCUT2D eigenvalue weighted by atomic mass is 16.2. The summed E-state index contributed by atoms with van der Waals surface area (Å²) in [7, 11) is 2.08. The van der Waals surface area contributed by atoms with Crippen molar-refractivity contribution in [2.24, 2.45) is 0 Å². The summed E-state index contributed by atoms with van der Waals surface area (Å²) in [4.78, 5) is 21.5. The molecule has 1 amide bonds. The molecule has 33 heavy (non-hydrogen) atoms. The van der Waals surface area contributed by atoms with Gasteiger partial charge in [0.1, 0.15) is 5.52 Å². The van der Waals surface area contributed by atoms with Crippen molar-refractivity contribution < 1.29 is 4.79 Å². The van der Waals surface area contributed by atoms with Crippen LogP contribution in [0.1, 0.15) is 15.9 Å². The lowest BCUT2D eigenvalue weighted by atomic mass is 10.0. The summed E-state index contributed by atoms with van der Waals surface area (Å²) in [6.07, 6.45) is 0. The van der Waals surface area contributed by atoms with Crippen LogP contribution in [0, 0.1) is 6.92 Å². The Labute approximate surface area is 193 Å². The van der Waals surface area contributed by atoms with Gasteiger partial charge in [-0.25, -0.2) is 4.98 Å². The number of aryl methyl sites for hydroxylation is 1. The molecule has 0 saturated carbocycles. The number of aromatic nitrogens is 3. The van der Waals surface area contributed by atoms with E-state index in [-0.39, 0.29) is 5.91 Å². The summed E-state index contributed by atoms with van der Waals surface area (Å²) < 4.78 is 0. The van der Waals surface area contributed by atoms with Crippen molar-refractivity contribution in [2.45, 2.75) is 6.92 Å². The minimum Gasteiger partial charge on any atom is -0.336 e. The number of likely N-dealkylation sites (N-methyl/N-ethyl adjacent to an activating group) is 1. The van der Waals surface area contributed by atoms with Gasteiger partial charge in [0, 0.05) is 37.4 Å². The third-order valence-corrected chi connectivity index (χ3v) is 6.09. The molecule has 1 saturated heterocycles. The number of fused-ring (bicyclic) bond motifs is 1. The number of amides is 1. The van der Waals surface area contributed by atoms with E-state index in [9.17, 15) is 4.79 Å². The fourth-order valence-electron chi connectivity index (χ4n) is 4.07. The third kappa shape index (κ3) is 4.54. The minimum absolute atomic E-state index is 0.0713. The molecule has 0 atom stereocenters. The number of piperazine rings is 1. The largest absolute Gasteiger partial charge is 0.336 e. The zero-order chi connectivity index (χ0) is 22.8. The van der Waals surface area contributed by atoms with Crippen LogP contribution in [0.3, 0.4) is 0 Å². The highest BCUT2D eigenvalue weighted by Gasteiger charge is 2.20. The Morgan fingerprint density at radius 2 is 1.64 bits per heavy atom. The van der Waals surface area contributed by atoms with E-state index in [2.05, 4.69) is 51.5 Å². The summed E-state index contributed by atoms with van der Waals surface area (Å²) in [5.74, 6) is 0.490. The molecule has 0 spiro atoms. The molecule has 1 aromatic heterocycles. The fourth-order valence-corrected chi connectivity index (χ4v) is 4.07. The van der Waals surface area contributed by atoms with Crippen molar-refractivity contribution in [3.05, 3.63) is 77.9 Å². The van der Waals surface area contributed by atoms with E-state index in [0.717, 1.165) is 48.5 Å². The zero-order valence-corrected chi connectivity index (χ0v) is 18.8. The molecule has 2 heterocycles. The molecule has 0 radical (unpaired) electrons. The van der Waals surface area contributed by atoms with Crippen LogP contribution in [0.4, 0.5) is 11.6 Å². The molecule has 0 aliphatic carbocycles. The predicted octanol–water partition coefficient (Wildman–Crippen LogP) is 4.13. The van der Waals surface area contributed by atoms with Gasteiger partial charge < -0.3 is 15.1 Å². The number of hydrogen-bond donors (Lipinski definition) is 1.